The predicted octanol–water partition coefficient (Wildman–Crippen LogP) is 1.92. The molecule has 0 unspecified atom stereocenters. The summed E-state index contributed by atoms with van der Waals surface area (Å²) in [4.78, 5) is 16.8. The summed E-state index contributed by atoms with van der Waals surface area (Å²) in [5, 5.41) is 1.82. The Hall–Kier alpha value is -2.34. The molecule has 0 aliphatic rings. The summed E-state index contributed by atoms with van der Waals surface area (Å²) in [5.74, 6) is 0.593. The van der Waals surface area contributed by atoms with Crippen LogP contribution in [0.5, 0.6) is 5.75 Å². The third-order valence-electron chi connectivity index (χ3n) is 2.65. The zero-order valence-electron chi connectivity index (χ0n) is 9.95. The molecule has 0 bridgehead atoms. The van der Waals surface area contributed by atoms with Gasteiger partial charge in [0.2, 0.25) is 0 Å². The summed E-state index contributed by atoms with van der Waals surface area (Å²) in [6.07, 6.45) is 1.70. The van der Waals surface area contributed by atoms with Crippen LogP contribution in [0.15, 0.2) is 46.7 Å². The van der Waals surface area contributed by atoms with E-state index in [0.717, 1.165) is 0 Å². The fourth-order valence-electron chi connectivity index (χ4n) is 1.73. The Bertz CT molecular complexity index is 779. The Balaban J connectivity index is 1.86. The van der Waals surface area contributed by atoms with Crippen molar-refractivity contribution in [1.29, 1.82) is 0 Å². The average molecular weight is 273 g/mol. The van der Waals surface area contributed by atoms with E-state index in [-0.39, 0.29) is 12.2 Å². The fourth-order valence-corrected chi connectivity index (χ4v) is 2.46. The van der Waals surface area contributed by atoms with E-state index in [2.05, 4.69) is 4.98 Å². The highest BCUT2D eigenvalue weighted by Gasteiger charge is 2.05. The van der Waals surface area contributed by atoms with Gasteiger partial charge in [-0.2, -0.15) is 0 Å². The molecular formula is C13H11N3O2S. The average Bonchev–Trinajstić information content (AvgIpc) is 2.87. The summed E-state index contributed by atoms with van der Waals surface area (Å²) in [6.45, 7) is 0.220. The van der Waals surface area contributed by atoms with Crippen LogP contribution in [-0.4, -0.2) is 9.38 Å². The first kappa shape index (κ1) is 11.7. The molecule has 0 atom stereocenters. The largest absolute Gasteiger partial charge is 0.485 e. The van der Waals surface area contributed by atoms with Gasteiger partial charge in [-0.1, -0.05) is 12.1 Å². The second-order valence-corrected chi connectivity index (χ2v) is 4.84. The standard InChI is InChI=1S/C13H11N3O2S/c14-10-3-1-2-4-11(10)18-8-9-7-12(17)16-5-6-19-13(16)15-9/h1-7H,8,14H2. The highest BCUT2D eigenvalue weighted by Crippen LogP contribution is 2.20. The lowest BCUT2D eigenvalue weighted by atomic mass is 10.3. The number of fused-ring (bicyclic) bond motifs is 1. The molecule has 1 aromatic carbocycles. The molecule has 0 aliphatic carbocycles. The minimum atomic E-state index is -0.106. The third-order valence-corrected chi connectivity index (χ3v) is 3.41. The monoisotopic (exact) mass is 273 g/mol. The van der Waals surface area contributed by atoms with Gasteiger partial charge < -0.3 is 10.5 Å². The SMILES string of the molecule is Nc1ccccc1OCc1cc(=O)n2ccsc2n1. The van der Waals surface area contributed by atoms with Gasteiger partial charge in [-0.25, -0.2) is 4.98 Å². The first-order chi connectivity index (χ1) is 9.24. The zero-order chi connectivity index (χ0) is 13.2. The van der Waals surface area contributed by atoms with E-state index in [0.29, 0.717) is 22.1 Å². The van der Waals surface area contributed by atoms with Crippen molar-refractivity contribution in [1.82, 2.24) is 9.38 Å². The maximum atomic E-state index is 11.8. The van der Waals surface area contributed by atoms with Crippen molar-refractivity contribution in [2.24, 2.45) is 0 Å². The van der Waals surface area contributed by atoms with E-state index in [9.17, 15) is 4.79 Å². The lowest BCUT2D eigenvalue weighted by molar-refractivity contribution is 0.303. The van der Waals surface area contributed by atoms with Crippen molar-refractivity contribution in [3.05, 3.63) is 58.0 Å². The number of nitrogen functional groups attached to an aromatic ring is 1. The summed E-state index contributed by atoms with van der Waals surface area (Å²) in [6, 6.07) is 8.70. The maximum absolute atomic E-state index is 11.8. The number of nitrogens with two attached hydrogens (primary N) is 1. The van der Waals surface area contributed by atoms with Gasteiger partial charge in [0, 0.05) is 17.6 Å². The smallest absolute Gasteiger partial charge is 0.258 e. The van der Waals surface area contributed by atoms with E-state index in [1.165, 1.54) is 21.8 Å². The highest BCUT2D eigenvalue weighted by molar-refractivity contribution is 7.15. The maximum Gasteiger partial charge on any atom is 0.258 e. The molecule has 6 heteroatoms. The van der Waals surface area contributed by atoms with Crippen LogP contribution in [0.2, 0.25) is 0 Å². The van der Waals surface area contributed by atoms with E-state index in [4.69, 9.17) is 10.5 Å². The van der Waals surface area contributed by atoms with Crippen molar-refractivity contribution in [2.45, 2.75) is 6.61 Å². The van der Waals surface area contributed by atoms with Crippen LogP contribution in [0.1, 0.15) is 5.69 Å². The minimum Gasteiger partial charge on any atom is -0.485 e. The molecule has 5 nitrogen and oxygen atoms in total. The first-order valence-corrected chi connectivity index (χ1v) is 6.55. The Morgan fingerprint density at radius 2 is 2.21 bits per heavy atom. The lowest BCUT2D eigenvalue weighted by Gasteiger charge is -2.07. The van der Waals surface area contributed by atoms with E-state index >= 15 is 0 Å². The van der Waals surface area contributed by atoms with Crippen LogP contribution in [-0.2, 0) is 6.61 Å². The van der Waals surface area contributed by atoms with E-state index in [1.54, 1.807) is 18.3 Å². The molecular weight excluding hydrogens is 262 g/mol. The number of hydrogen-bond acceptors (Lipinski definition) is 5. The molecule has 19 heavy (non-hydrogen) atoms. The van der Waals surface area contributed by atoms with Gasteiger partial charge in [-0.05, 0) is 12.1 Å². The van der Waals surface area contributed by atoms with Gasteiger partial charge in [0.15, 0.2) is 4.96 Å². The van der Waals surface area contributed by atoms with Gasteiger partial charge in [0.25, 0.3) is 5.56 Å². The Labute approximate surface area is 112 Å². The molecule has 3 rings (SSSR count). The van der Waals surface area contributed by atoms with Crippen molar-refractivity contribution < 1.29 is 4.74 Å². The number of ether oxygens (including phenoxy) is 1. The van der Waals surface area contributed by atoms with Gasteiger partial charge in [0.05, 0.1) is 11.4 Å². The molecule has 96 valence electrons. The second kappa shape index (κ2) is 4.74. The van der Waals surface area contributed by atoms with Gasteiger partial charge >= 0.3 is 0 Å². The van der Waals surface area contributed by atoms with Crippen LogP contribution in [0.4, 0.5) is 5.69 Å². The van der Waals surface area contributed by atoms with Crippen LogP contribution >= 0.6 is 11.3 Å². The molecule has 0 radical (unpaired) electrons. The Kier molecular flexibility index (Phi) is 2.92. The number of nitrogens with zero attached hydrogens (tertiary/aromatic N) is 2. The van der Waals surface area contributed by atoms with E-state index in [1.807, 2.05) is 17.5 Å². The summed E-state index contributed by atoms with van der Waals surface area (Å²) in [7, 11) is 0. The molecule has 0 amide bonds. The van der Waals surface area contributed by atoms with Gasteiger partial charge in [-0.15, -0.1) is 11.3 Å². The molecule has 0 aliphatic heterocycles. The molecule has 2 N–H and O–H groups in total. The zero-order valence-corrected chi connectivity index (χ0v) is 10.8. The van der Waals surface area contributed by atoms with Crippen molar-refractivity contribution in [2.75, 3.05) is 5.73 Å². The summed E-state index contributed by atoms with van der Waals surface area (Å²) >= 11 is 1.41. The number of benzene rings is 1. The van der Waals surface area contributed by atoms with Crippen molar-refractivity contribution in [3.63, 3.8) is 0 Å². The summed E-state index contributed by atoms with van der Waals surface area (Å²) < 4.78 is 7.08. The number of rotatable bonds is 3. The van der Waals surface area contributed by atoms with Crippen LogP contribution < -0.4 is 16.0 Å². The van der Waals surface area contributed by atoms with Crippen LogP contribution in [0.25, 0.3) is 4.96 Å². The second-order valence-electron chi connectivity index (χ2n) is 3.97. The topological polar surface area (TPSA) is 69.6 Å². The minimum absolute atomic E-state index is 0.106. The van der Waals surface area contributed by atoms with Crippen LogP contribution in [0, 0.1) is 0 Å². The van der Waals surface area contributed by atoms with Crippen LogP contribution in [0.3, 0.4) is 0 Å². The highest BCUT2D eigenvalue weighted by atomic mass is 32.1. The van der Waals surface area contributed by atoms with Crippen molar-refractivity contribution in [3.8, 4) is 5.75 Å². The Morgan fingerprint density at radius 1 is 1.37 bits per heavy atom. The molecule has 3 aromatic rings. The molecule has 2 heterocycles. The van der Waals surface area contributed by atoms with Gasteiger partial charge in [-0.3, -0.25) is 9.20 Å². The van der Waals surface area contributed by atoms with E-state index < -0.39 is 0 Å². The normalized spacial score (nSPS) is 10.7. The number of anilines is 1. The Morgan fingerprint density at radius 3 is 3.05 bits per heavy atom. The van der Waals surface area contributed by atoms with Gasteiger partial charge in [0.1, 0.15) is 12.4 Å². The number of thiazole rings is 1. The quantitative estimate of drug-likeness (QED) is 0.740. The molecule has 0 saturated carbocycles. The van der Waals surface area contributed by atoms with Crippen molar-refractivity contribution >= 4 is 22.0 Å². The fraction of sp³-hybridized carbons (Fsp3) is 0.0769. The predicted molar refractivity (Wildman–Crippen MR) is 74.5 cm³/mol. The number of aromatic nitrogens is 2. The lowest BCUT2D eigenvalue weighted by Crippen LogP contribution is -2.14. The molecule has 2 aromatic heterocycles. The molecule has 0 saturated heterocycles. The third kappa shape index (κ3) is 2.30. The molecule has 0 fully saturated rings. The molecule has 0 spiro atoms. The number of hydrogen-bond donors (Lipinski definition) is 1. The summed E-state index contributed by atoms with van der Waals surface area (Å²) in [5.41, 5.74) is 6.83. The first-order valence-electron chi connectivity index (χ1n) is 5.67. The number of para-hydroxylation sites is 2.